The lowest BCUT2D eigenvalue weighted by molar-refractivity contribution is -0.138. The van der Waals surface area contributed by atoms with Crippen molar-refractivity contribution in [2.75, 3.05) is 51.1 Å². The van der Waals surface area contributed by atoms with Crippen molar-refractivity contribution in [1.29, 1.82) is 0 Å². The highest BCUT2D eigenvalue weighted by Gasteiger charge is 2.55. The van der Waals surface area contributed by atoms with Crippen LogP contribution in [-0.4, -0.2) is 77.2 Å². The molecule has 3 fully saturated rings. The molecule has 9 nitrogen and oxygen atoms in total. The van der Waals surface area contributed by atoms with Gasteiger partial charge in [-0.25, -0.2) is 9.59 Å². The molecule has 0 bridgehead atoms. The minimum atomic E-state index is -4.57. The largest absolute Gasteiger partial charge is 0.416 e. The molecule has 1 aromatic heterocycles. The Morgan fingerprint density at radius 1 is 1.21 bits per heavy atom. The summed E-state index contributed by atoms with van der Waals surface area (Å²) in [4.78, 5) is 32.9. The second-order valence-corrected chi connectivity index (χ2v) is 10.4. The number of hydrogen-bond acceptors (Lipinski definition) is 6. The van der Waals surface area contributed by atoms with E-state index in [9.17, 15) is 22.8 Å². The summed E-state index contributed by atoms with van der Waals surface area (Å²) in [5.74, 6) is 1.75. The normalized spacial score (nSPS) is 24.2. The highest BCUT2D eigenvalue weighted by molar-refractivity contribution is 5.88. The standard InChI is InChI=1S/C26H34F3N7O2/c1-2-17(35-14-20-19(13-30)21(20)15-35)11-16-3-4-18(12-22(16)26(27,28)29)36-8-5-23(33-25(36)38)32-24(37)34-9-6-31-7-10-34/h3-5,8,12,17,19-21,31H,2,6-7,9-11,13-15,30H2,1H3,(H,32,33,37,38)/t17?,19?,20-,21+. The Bertz CT molecular complexity index is 1220. The lowest BCUT2D eigenvalue weighted by atomic mass is 9.96. The van der Waals surface area contributed by atoms with Gasteiger partial charge in [0.2, 0.25) is 0 Å². The predicted octanol–water partition coefficient (Wildman–Crippen LogP) is 2.15. The van der Waals surface area contributed by atoms with Crippen LogP contribution in [0.5, 0.6) is 0 Å². The third-order valence-corrected chi connectivity index (χ3v) is 8.23. The number of halogens is 3. The van der Waals surface area contributed by atoms with Gasteiger partial charge in [0.15, 0.2) is 0 Å². The average Bonchev–Trinajstić information content (AvgIpc) is 3.37. The van der Waals surface area contributed by atoms with E-state index in [4.69, 9.17) is 5.73 Å². The average molecular weight is 534 g/mol. The molecular weight excluding hydrogens is 499 g/mol. The molecule has 2 amide bonds. The molecule has 4 N–H and O–H groups in total. The molecule has 2 unspecified atom stereocenters. The number of hydrogen-bond donors (Lipinski definition) is 3. The molecule has 3 heterocycles. The molecule has 2 saturated heterocycles. The van der Waals surface area contributed by atoms with Gasteiger partial charge in [-0.1, -0.05) is 13.0 Å². The first-order valence-electron chi connectivity index (χ1n) is 13.2. The number of carbonyl (C=O) groups is 1. The monoisotopic (exact) mass is 533 g/mol. The number of anilines is 1. The first kappa shape index (κ1) is 26.6. The van der Waals surface area contributed by atoms with E-state index in [-0.39, 0.29) is 35.6 Å². The van der Waals surface area contributed by atoms with Gasteiger partial charge in [-0.15, -0.1) is 0 Å². The zero-order valence-electron chi connectivity index (χ0n) is 21.4. The van der Waals surface area contributed by atoms with Gasteiger partial charge in [-0.05, 0) is 60.9 Å². The molecule has 1 aliphatic carbocycles. The summed E-state index contributed by atoms with van der Waals surface area (Å²) in [6, 6.07) is 5.03. The Kier molecular flexibility index (Phi) is 7.47. The van der Waals surface area contributed by atoms with E-state index < -0.39 is 17.4 Å². The van der Waals surface area contributed by atoms with Crippen LogP contribution in [0.3, 0.4) is 0 Å². The van der Waals surface area contributed by atoms with Gasteiger partial charge in [0, 0.05) is 51.5 Å². The number of rotatable bonds is 7. The molecule has 206 valence electrons. The Balaban J connectivity index is 1.33. The summed E-state index contributed by atoms with van der Waals surface area (Å²) >= 11 is 0. The lowest BCUT2D eigenvalue weighted by Gasteiger charge is -2.30. The van der Waals surface area contributed by atoms with Crippen molar-refractivity contribution < 1.29 is 18.0 Å². The molecule has 2 aromatic rings. The summed E-state index contributed by atoms with van der Waals surface area (Å²) in [7, 11) is 0. The lowest BCUT2D eigenvalue weighted by Crippen LogP contribution is -2.48. The number of piperidine rings is 1. The molecule has 5 rings (SSSR count). The number of carbonyl (C=O) groups excluding carboxylic acids is 1. The van der Waals surface area contributed by atoms with Gasteiger partial charge < -0.3 is 16.0 Å². The molecule has 4 atom stereocenters. The van der Waals surface area contributed by atoms with Crippen molar-refractivity contribution in [2.45, 2.75) is 32.0 Å². The Morgan fingerprint density at radius 2 is 1.92 bits per heavy atom. The number of amides is 2. The molecule has 1 aromatic carbocycles. The molecule has 0 radical (unpaired) electrons. The highest BCUT2D eigenvalue weighted by Crippen LogP contribution is 2.51. The highest BCUT2D eigenvalue weighted by atomic mass is 19.4. The Labute approximate surface area is 219 Å². The fraction of sp³-hybridized carbons (Fsp3) is 0.577. The van der Waals surface area contributed by atoms with Crippen molar-refractivity contribution in [3.8, 4) is 5.69 Å². The quantitative estimate of drug-likeness (QED) is 0.504. The summed E-state index contributed by atoms with van der Waals surface area (Å²) in [5.41, 5.74) is 4.56. The molecular formula is C26H34F3N7O2. The smallest absolute Gasteiger partial charge is 0.330 e. The maximum absolute atomic E-state index is 14.1. The van der Waals surface area contributed by atoms with Gasteiger partial charge in [0.05, 0.1) is 11.3 Å². The van der Waals surface area contributed by atoms with Gasteiger partial charge in [0.25, 0.3) is 0 Å². The molecule has 1 saturated carbocycles. The van der Waals surface area contributed by atoms with Crippen molar-refractivity contribution in [2.24, 2.45) is 23.5 Å². The summed E-state index contributed by atoms with van der Waals surface area (Å²) < 4.78 is 43.5. The number of nitrogens with one attached hydrogen (secondary N) is 2. The summed E-state index contributed by atoms with van der Waals surface area (Å²) in [6.45, 7) is 6.87. The molecule has 3 aliphatic rings. The van der Waals surface area contributed by atoms with Crippen LogP contribution in [0.15, 0.2) is 35.3 Å². The van der Waals surface area contributed by atoms with Gasteiger partial charge >= 0.3 is 17.9 Å². The van der Waals surface area contributed by atoms with Gasteiger partial charge in [-0.3, -0.25) is 14.8 Å². The number of alkyl halides is 3. The predicted molar refractivity (Wildman–Crippen MR) is 137 cm³/mol. The van der Waals surface area contributed by atoms with Crippen LogP contribution < -0.4 is 22.1 Å². The van der Waals surface area contributed by atoms with Crippen molar-refractivity contribution in [3.05, 3.63) is 52.1 Å². The Hall–Kier alpha value is -2.96. The SMILES string of the molecule is CCC(Cc1ccc(-n2ccc(NC(=O)N3CCNCC3)nc2=O)cc1C(F)(F)F)N1C[C@@H]2C(CN)[C@@H]2C1. The topological polar surface area (TPSA) is 109 Å². The summed E-state index contributed by atoms with van der Waals surface area (Å²) in [6.07, 6.45) is -2.22. The van der Waals surface area contributed by atoms with Crippen LogP contribution in [0.25, 0.3) is 5.69 Å². The zero-order chi connectivity index (χ0) is 27.0. The van der Waals surface area contributed by atoms with Crippen LogP contribution in [0, 0.1) is 17.8 Å². The first-order chi connectivity index (χ1) is 18.2. The van der Waals surface area contributed by atoms with Crippen LogP contribution in [-0.2, 0) is 12.6 Å². The van der Waals surface area contributed by atoms with E-state index in [0.717, 1.165) is 30.1 Å². The molecule has 12 heteroatoms. The molecule has 0 spiro atoms. The number of urea groups is 1. The zero-order valence-corrected chi connectivity index (χ0v) is 21.4. The number of aromatic nitrogens is 2. The van der Waals surface area contributed by atoms with Crippen molar-refractivity contribution >= 4 is 11.8 Å². The number of benzene rings is 1. The van der Waals surface area contributed by atoms with Gasteiger partial charge in [0.1, 0.15) is 5.82 Å². The van der Waals surface area contributed by atoms with E-state index in [1.165, 1.54) is 24.4 Å². The first-order valence-corrected chi connectivity index (χ1v) is 13.2. The molecule has 2 aliphatic heterocycles. The number of fused-ring (bicyclic) bond motifs is 1. The van der Waals surface area contributed by atoms with E-state index >= 15 is 0 Å². The summed E-state index contributed by atoms with van der Waals surface area (Å²) in [5, 5.41) is 5.73. The Morgan fingerprint density at radius 3 is 2.53 bits per heavy atom. The number of likely N-dealkylation sites (tertiary alicyclic amines) is 1. The third-order valence-electron chi connectivity index (χ3n) is 8.23. The van der Waals surface area contributed by atoms with Crippen LogP contribution in [0.2, 0.25) is 0 Å². The maximum atomic E-state index is 14.1. The minimum Gasteiger partial charge on any atom is -0.330 e. The van der Waals surface area contributed by atoms with Crippen molar-refractivity contribution in [3.63, 3.8) is 0 Å². The van der Waals surface area contributed by atoms with E-state index in [1.54, 1.807) is 4.90 Å². The number of nitrogens with two attached hydrogens (primary N) is 1. The van der Waals surface area contributed by atoms with E-state index in [1.807, 2.05) is 6.92 Å². The van der Waals surface area contributed by atoms with E-state index in [0.29, 0.717) is 50.5 Å². The molecule has 38 heavy (non-hydrogen) atoms. The fourth-order valence-electron chi connectivity index (χ4n) is 6.00. The second-order valence-electron chi connectivity index (χ2n) is 10.4. The number of nitrogens with zero attached hydrogens (tertiary/aromatic N) is 4. The fourth-order valence-corrected chi connectivity index (χ4v) is 6.00. The minimum absolute atomic E-state index is 0.0103. The van der Waals surface area contributed by atoms with E-state index in [2.05, 4.69) is 20.5 Å². The second kappa shape index (κ2) is 10.7. The van der Waals surface area contributed by atoms with Crippen molar-refractivity contribution in [1.82, 2.24) is 24.7 Å². The third kappa shape index (κ3) is 5.43. The number of piperazine rings is 1. The van der Waals surface area contributed by atoms with Crippen LogP contribution in [0.1, 0.15) is 24.5 Å². The van der Waals surface area contributed by atoms with Crippen LogP contribution >= 0.6 is 0 Å². The van der Waals surface area contributed by atoms with Crippen LogP contribution in [0.4, 0.5) is 23.8 Å². The van der Waals surface area contributed by atoms with Gasteiger partial charge in [-0.2, -0.15) is 18.2 Å². The maximum Gasteiger partial charge on any atom is 0.416 e.